The van der Waals surface area contributed by atoms with Gasteiger partial charge in [0.1, 0.15) is 0 Å². The molecule has 0 saturated heterocycles. The monoisotopic (exact) mass is 363 g/mol. The highest BCUT2D eigenvalue weighted by molar-refractivity contribution is 5.97. The molecule has 1 amide bonds. The minimum Gasteiger partial charge on any atom is -0.343 e. The van der Waals surface area contributed by atoms with Crippen LogP contribution in [0.3, 0.4) is 0 Å². The molecular formula is C18H19F2N3O3. The van der Waals surface area contributed by atoms with Crippen LogP contribution in [0.5, 0.6) is 0 Å². The largest absolute Gasteiger partial charge is 0.343 e. The van der Waals surface area contributed by atoms with Crippen molar-refractivity contribution >= 4 is 11.7 Å². The van der Waals surface area contributed by atoms with Crippen LogP contribution >= 0.6 is 0 Å². The van der Waals surface area contributed by atoms with Gasteiger partial charge in [-0.1, -0.05) is 17.3 Å². The fourth-order valence-electron chi connectivity index (χ4n) is 2.92. The molecule has 2 aromatic rings. The second-order valence-electron chi connectivity index (χ2n) is 6.49. The molecule has 1 heterocycles. The molecular weight excluding hydrogens is 344 g/mol. The van der Waals surface area contributed by atoms with Crippen molar-refractivity contribution in [3.8, 4) is 0 Å². The van der Waals surface area contributed by atoms with Gasteiger partial charge >= 0.3 is 0 Å². The van der Waals surface area contributed by atoms with Gasteiger partial charge in [0.05, 0.1) is 6.54 Å². The predicted molar refractivity (Wildman–Crippen MR) is 88.1 cm³/mol. The summed E-state index contributed by atoms with van der Waals surface area (Å²) in [5.74, 6) is -2.51. The smallest absolute Gasteiger partial charge is 0.251 e. The lowest BCUT2D eigenvalue weighted by atomic mass is 9.86. The Balaban J connectivity index is 1.54. The van der Waals surface area contributed by atoms with Crippen molar-refractivity contribution in [1.29, 1.82) is 0 Å². The summed E-state index contributed by atoms with van der Waals surface area (Å²) in [5.41, 5.74) is 0.936. The van der Waals surface area contributed by atoms with Crippen molar-refractivity contribution in [2.45, 2.75) is 51.0 Å². The van der Waals surface area contributed by atoms with Gasteiger partial charge in [0.2, 0.25) is 11.8 Å². The Kier molecular flexibility index (Phi) is 5.11. The Morgan fingerprint density at radius 2 is 1.81 bits per heavy atom. The van der Waals surface area contributed by atoms with E-state index in [0.29, 0.717) is 29.8 Å². The molecule has 1 saturated carbocycles. The van der Waals surface area contributed by atoms with E-state index in [9.17, 15) is 18.4 Å². The zero-order valence-corrected chi connectivity index (χ0v) is 14.3. The maximum Gasteiger partial charge on any atom is 0.251 e. The maximum atomic E-state index is 13.2. The minimum atomic E-state index is -2.60. The molecule has 1 aliphatic rings. The van der Waals surface area contributed by atoms with Crippen molar-refractivity contribution in [3.63, 3.8) is 0 Å². The van der Waals surface area contributed by atoms with Crippen LogP contribution < -0.4 is 5.32 Å². The lowest BCUT2D eigenvalue weighted by Gasteiger charge is -2.26. The number of carbonyl (C=O) groups is 2. The number of aromatic nitrogens is 2. The Hall–Kier alpha value is -2.64. The topological polar surface area (TPSA) is 85.1 Å². The number of alkyl halides is 2. The molecule has 0 bridgehead atoms. The van der Waals surface area contributed by atoms with Gasteiger partial charge in [-0.3, -0.25) is 9.59 Å². The van der Waals surface area contributed by atoms with Crippen molar-refractivity contribution in [3.05, 3.63) is 47.1 Å². The Bertz CT molecular complexity index is 792. The van der Waals surface area contributed by atoms with Crippen LogP contribution in [0.2, 0.25) is 0 Å². The van der Waals surface area contributed by atoms with Crippen LogP contribution in [-0.4, -0.2) is 27.8 Å². The summed E-state index contributed by atoms with van der Waals surface area (Å²) in [5, 5.41) is 6.50. The summed E-state index contributed by atoms with van der Waals surface area (Å²) in [4.78, 5) is 27.5. The fourth-order valence-corrected chi connectivity index (χ4v) is 2.92. The van der Waals surface area contributed by atoms with E-state index in [-0.39, 0.29) is 42.9 Å². The predicted octanol–water partition coefficient (Wildman–Crippen LogP) is 3.50. The first kappa shape index (κ1) is 18.2. The van der Waals surface area contributed by atoms with Crippen molar-refractivity contribution in [2.24, 2.45) is 0 Å². The number of amides is 1. The van der Waals surface area contributed by atoms with E-state index in [2.05, 4.69) is 15.5 Å². The van der Waals surface area contributed by atoms with Crippen LogP contribution in [0.15, 0.2) is 28.8 Å². The van der Waals surface area contributed by atoms with Gasteiger partial charge in [0.15, 0.2) is 11.6 Å². The average molecular weight is 363 g/mol. The average Bonchev–Trinajstić information content (AvgIpc) is 3.08. The van der Waals surface area contributed by atoms with E-state index >= 15 is 0 Å². The van der Waals surface area contributed by atoms with Crippen LogP contribution in [0.25, 0.3) is 0 Å². The zero-order valence-electron chi connectivity index (χ0n) is 14.3. The molecule has 8 heteroatoms. The highest BCUT2D eigenvalue weighted by Gasteiger charge is 2.36. The molecule has 1 N–H and O–H groups in total. The van der Waals surface area contributed by atoms with Crippen LogP contribution in [-0.2, 0) is 6.54 Å². The van der Waals surface area contributed by atoms with Gasteiger partial charge in [-0.25, -0.2) is 8.78 Å². The maximum absolute atomic E-state index is 13.2. The van der Waals surface area contributed by atoms with Crippen molar-refractivity contribution < 1.29 is 22.9 Å². The van der Waals surface area contributed by atoms with E-state index in [1.54, 1.807) is 24.3 Å². The Labute approximate surface area is 149 Å². The molecule has 3 rings (SSSR count). The van der Waals surface area contributed by atoms with Crippen LogP contribution in [0.1, 0.15) is 71.0 Å². The number of carbonyl (C=O) groups excluding carboxylic acids is 2. The van der Waals surface area contributed by atoms with E-state index in [1.807, 2.05) is 0 Å². The Morgan fingerprint density at radius 3 is 2.42 bits per heavy atom. The van der Waals surface area contributed by atoms with E-state index in [1.165, 1.54) is 6.92 Å². The van der Waals surface area contributed by atoms with Gasteiger partial charge in [-0.2, -0.15) is 4.98 Å². The molecule has 1 aliphatic carbocycles. The third kappa shape index (κ3) is 4.30. The summed E-state index contributed by atoms with van der Waals surface area (Å²) >= 11 is 0. The van der Waals surface area contributed by atoms with E-state index in [0.717, 1.165) is 0 Å². The lowest BCUT2D eigenvalue weighted by Crippen LogP contribution is -2.24. The normalized spacial score (nSPS) is 17.0. The van der Waals surface area contributed by atoms with Gasteiger partial charge in [0, 0.05) is 29.9 Å². The standard InChI is InChI=1S/C18H19F2N3O3/c1-11(24)12-2-4-14(5-3-12)17(25)21-10-15-22-16(23-26-15)13-6-8-18(19,20)9-7-13/h2-5,13H,6-10H2,1H3,(H,21,25). The quantitative estimate of drug-likeness (QED) is 0.822. The van der Waals surface area contributed by atoms with Gasteiger partial charge in [-0.15, -0.1) is 0 Å². The number of halogens is 2. The highest BCUT2D eigenvalue weighted by Crippen LogP contribution is 2.39. The number of hydrogen-bond donors (Lipinski definition) is 1. The summed E-state index contributed by atoms with van der Waals surface area (Å²) < 4.78 is 31.5. The minimum absolute atomic E-state index is 0.0448. The van der Waals surface area contributed by atoms with Gasteiger partial charge in [-0.05, 0) is 31.9 Å². The number of ketones is 1. The second kappa shape index (κ2) is 7.31. The highest BCUT2D eigenvalue weighted by atomic mass is 19.3. The first-order valence-corrected chi connectivity index (χ1v) is 8.43. The second-order valence-corrected chi connectivity index (χ2v) is 6.49. The summed E-state index contributed by atoms with van der Waals surface area (Å²) in [6.07, 6.45) is 0.296. The van der Waals surface area contributed by atoms with Crippen molar-refractivity contribution in [1.82, 2.24) is 15.5 Å². The van der Waals surface area contributed by atoms with E-state index in [4.69, 9.17) is 4.52 Å². The fraction of sp³-hybridized carbons (Fsp3) is 0.444. The molecule has 0 radical (unpaired) electrons. The Morgan fingerprint density at radius 1 is 1.19 bits per heavy atom. The molecule has 6 nitrogen and oxygen atoms in total. The summed E-state index contributed by atoms with van der Waals surface area (Å²) in [6, 6.07) is 6.29. The summed E-state index contributed by atoms with van der Waals surface area (Å²) in [6.45, 7) is 1.50. The molecule has 1 aromatic carbocycles. The van der Waals surface area contributed by atoms with Gasteiger partial charge < -0.3 is 9.84 Å². The van der Waals surface area contributed by atoms with E-state index < -0.39 is 5.92 Å². The molecule has 1 aromatic heterocycles. The zero-order chi connectivity index (χ0) is 18.7. The number of benzene rings is 1. The number of rotatable bonds is 5. The molecule has 26 heavy (non-hydrogen) atoms. The molecule has 1 fully saturated rings. The van der Waals surface area contributed by atoms with Crippen molar-refractivity contribution in [2.75, 3.05) is 0 Å². The third-order valence-electron chi connectivity index (χ3n) is 4.52. The molecule has 0 spiro atoms. The molecule has 138 valence electrons. The number of nitrogens with zero attached hydrogens (tertiary/aromatic N) is 2. The lowest BCUT2D eigenvalue weighted by molar-refractivity contribution is -0.0389. The molecule has 0 unspecified atom stereocenters. The molecule has 0 aliphatic heterocycles. The first-order valence-electron chi connectivity index (χ1n) is 8.43. The number of Topliss-reactive ketones (excluding diaryl/α,β-unsaturated/α-hetero) is 1. The summed E-state index contributed by atoms with van der Waals surface area (Å²) in [7, 11) is 0. The first-order chi connectivity index (χ1) is 12.3. The van der Waals surface area contributed by atoms with Gasteiger partial charge in [0.25, 0.3) is 5.91 Å². The van der Waals surface area contributed by atoms with Crippen LogP contribution in [0, 0.1) is 0 Å². The molecule has 0 atom stereocenters. The SMILES string of the molecule is CC(=O)c1ccc(C(=O)NCc2nc(C3CCC(F)(F)CC3)no2)cc1. The third-order valence-corrected chi connectivity index (χ3v) is 4.52. The number of hydrogen-bond acceptors (Lipinski definition) is 5. The van der Waals surface area contributed by atoms with Crippen LogP contribution in [0.4, 0.5) is 8.78 Å². The number of nitrogens with one attached hydrogen (secondary N) is 1.